The molecule has 0 aromatic carbocycles. The van der Waals surface area contributed by atoms with E-state index in [1.165, 1.54) is 4.57 Å². The van der Waals surface area contributed by atoms with Crippen LogP contribution in [-0.2, 0) is 16.2 Å². The molecule has 2 rings (SSSR count). The highest BCUT2D eigenvalue weighted by molar-refractivity contribution is 5.73. The number of nitrogens with two attached hydrogens (primary N) is 2. The quantitative estimate of drug-likeness (QED) is 0.434. The number of aromatic nitrogens is 4. The summed E-state index contributed by atoms with van der Waals surface area (Å²) in [7, 11) is 0. The molecule has 10 heteroatoms. The van der Waals surface area contributed by atoms with Crippen LogP contribution < -0.4 is 17.0 Å². The van der Waals surface area contributed by atoms with Gasteiger partial charge in [-0.1, -0.05) is 19.8 Å². The second-order valence-corrected chi connectivity index (χ2v) is 5.40. The summed E-state index contributed by atoms with van der Waals surface area (Å²) in [5.41, 5.74) is 11.2. The molecule has 134 valence electrons. The number of hydrogen-bond donors (Lipinski definition) is 4. The van der Waals surface area contributed by atoms with Gasteiger partial charge in [0, 0.05) is 6.61 Å². The van der Waals surface area contributed by atoms with Gasteiger partial charge in [0.1, 0.15) is 12.8 Å². The average molecular weight is 340 g/mol. The zero-order chi connectivity index (χ0) is 17.5. The minimum absolute atomic E-state index is 0.0260. The van der Waals surface area contributed by atoms with E-state index in [4.69, 9.17) is 20.9 Å². The maximum Gasteiger partial charge on any atom is 0.280 e. The van der Waals surface area contributed by atoms with E-state index >= 15 is 0 Å². The van der Waals surface area contributed by atoms with Crippen LogP contribution in [0, 0.1) is 0 Å². The van der Waals surface area contributed by atoms with Crippen LogP contribution in [0.3, 0.4) is 0 Å². The van der Waals surface area contributed by atoms with Crippen molar-refractivity contribution in [2.45, 2.75) is 39.0 Å². The molecular weight excluding hydrogens is 316 g/mol. The van der Waals surface area contributed by atoms with E-state index in [1.807, 2.05) is 0 Å². The van der Waals surface area contributed by atoms with Crippen LogP contribution >= 0.6 is 0 Å². The molecule has 0 aliphatic rings. The van der Waals surface area contributed by atoms with Gasteiger partial charge >= 0.3 is 0 Å². The minimum Gasteiger partial charge on any atom is -0.394 e. The lowest BCUT2D eigenvalue weighted by Gasteiger charge is -2.16. The Balaban J connectivity index is 1.99. The number of fused-ring (bicyclic) bond motifs is 1. The van der Waals surface area contributed by atoms with Crippen molar-refractivity contribution >= 4 is 23.1 Å². The summed E-state index contributed by atoms with van der Waals surface area (Å²) >= 11 is 0. The second-order valence-electron chi connectivity index (χ2n) is 5.40. The summed E-state index contributed by atoms with van der Waals surface area (Å²) in [6, 6.07) is 0. The molecule has 0 saturated carbocycles. The van der Waals surface area contributed by atoms with Crippen LogP contribution in [0.4, 0.5) is 11.9 Å². The third-order valence-corrected chi connectivity index (χ3v) is 3.49. The molecule has 2 aromatic heterocycles. The zero-order valence-electron chi connectivity index (χ0n) is 13.7. The fraction of sp³-hybridized carbons (Fsp3) is 0.643. The Morgan fingerprint density at radius 2 is 2.12 bits per heavy atom. The number of ether oxygens (including phenoxy) is 2. The molecule has 0 aliphatic carbocycles. The molecule has 0 fully saturated rings. The molecule has 2 aromatic rings. The topological polar surface area (TPSA) is 154 Å². The smallest absolute Gasteiger partial charge is 0.280 e. The number of hydrogen-bond acceptors (Lipinski definition) is 8. The van der Waals surface area contributed by atoms with E-state index in [2.05, 4.69) is 21.9 Å². The lowest BCUT2D eigenvalue weighted by atomic mass is 10.3. The first-order valence-corrected chi connectivity index (χ1v) is 7.88. The van der Waals surface area contributed by atoms with Gasteiger partial charge in [0.25, 0.3) is 5.56 Å². The minimum atomic E-state index is -0.511. The summed E-state index contributed by atoms with van der Waals surface area (Å²) in [6.07, 6.45) is 2.68. The van der Waals surface area contributed by atoms with Crippen molar-refractivity contribution in [3.8, 4) is 0 Å². The Hall–Kier alpha value is -2.17. The predicted molar refractivity (Wildman–Crippen MR) is 89.3 cm³/mol. The molecule has 0 spiro atoms. The highest BCUT2D eigenvalue weighted by Crippen LogP contribution is 2.13. The number of nitrogens with one attached hydrogen (secondary N) is 1. The first-order valence-electron chi connectivity index (χ1n) is 7.88. The summed E-state index contributed by atoms with van der Waals surface area (Å²) in [5.74, 6) is 0.0424. The first-order chi connectivity index (χ1) is 11.6. The van der Waals surface area contributed by atoms with Crippen LogP contribution in [0.2, 0.25) is 0 Å². The number of nitrogen functional groups attached to an aromatic ring is 2. The van der Waals surface area contributed by atoms with E-state index in [1.54, 1.807) is 0 Å². The highest BCUT2D eigenvalue weighted by Gasteiger charge is 2.16. The molecule has 6 N–H and O–H groups in total. The van der Waals surface area contributed by atoms with E-state index < -0.39 is 11.7 Å². The molecule has 1 unspecified atom stereocenters. The van der Waals surface area contributed by atoms with E-state index in [0.29, 0.717) is 6.61 Å². The SMILES string of the molecule is CCCCCOCC(CO)OCn1c(N)nc2c(=O)[nH]c(N)nc21. The first kappa shape index (κ1) is 18.2. The number of nitrogens with zero attached hydrogens (tertiary/aromatic N) is 3. The summed E-state index contributed by atoms with van der Waals surface area (Å²) in [4.78, 5) is 22.1. The summed E-state index contributed by atoms with van der Waals surface area (Å²) < 4.78 is 12.5. The van der Waals surface area contributed by atoms with Gasteiger partial charge in [0.05, 0.1) is 13.2 Å². The number of imidazole rings is 1. The standard InChI is InChI=1S/C14H24N6O4/c1-2-3-4-5-23-7-9(6-21)24-8-20-11-10(17-14(20)16)12(22)19-13(15)18-11/h9,21H,2-8H2,1H3,(H2,16,17)(H3,15,18,19,22). The lowest BCUT2D eigenvalue weighted by Crippen LogP contribution is -2.26. The molecule has 2 heterocycles. The van der Waals surface area contributed by atoms with Gasteiger partial charge in [-0.15, -0.1) is 0 Å². The Morgan fingerprint density at radius 3 is 2.83 bits per heavy atom. The summed E-state index contributed by atoms with van der Waals surface area (Å²) in [6.45, 7) is 2.78. The zero-order valence-corrected chi connectivity index (χ0v) is 13.7. The van der Waals surface area contributed by atoms with Gasteiger partial charge in [-0.3, -0.25) is 14.3 Å². The Labute approximate surface area is 138 Å². The Morgan fingerprint density at radius 1 is 1.33 bits per heavy atom. The molecule has 24 heavy (non-hydrogen) atoms. The molecular formula is C14H24N6O4. The van der Waals surface area contributed by atoms with Crippen molar-refractivity contribution < 1.29 is 14.6 Å². The van der Waals surface area contributed by atoms with Crippen LogP contribution in [0.5, 0.6) is 0 Å². The van der Waals surface area contributed by atoms with Crippen LogP contribution in [0.1, 0.15) is 26.2 Å². The van der Waals surface area contributed by atoms with Gasteiger partial charge < -0.3 is 26.0 Å². The Kier molecular flexibility index (Phi) is 6.53. The number of aliphatic hydroxyl groups excluding tert-OH is 1. The molecule has 0 saturated heterocycles. The third-order valence-electron chi connectivity index (χ3n) is 3.49. The molecule has 10 nitrogen and oxygen atoms in total. The van der Waals surface area contributed by atoms with Crippen molar-refractivity contribution in [2.24, 2.45) is 0 Å². The van der Waals surface area contributed by atoms with Gasteiger partial charge in [-0.2, -0.15) is 4.98 Å². The van der Waals surface area contributed by atoms with Crippen molar-refractivity contribution in [2.75, 3.05) is 31.3 Å². The number of anilines is 2. The molecule has 0 bridgehead atoms. The van der Waals surface area contributed by atoms with Gasteiger partial charge in [-0.25, -0.2) is 4.98 Å². The van der Waals surface area contributed by atoms with E-state index in [0.717, 1.165) is 19.3 Å². The highest BCUT2D eigenvalue weighted by atomic mass is 16.5. The maximum atomic E-state index is 11.8. The number of aliphatic hydroxyl groups is 1. The van der Waals surface area contributed by atoms with Crippen molar-refractivity contribution in [3.05, 3.63) is 10.4 Å². The number of H-pyrrole nitrogens is 1. The fourth-order valence-electron chi connectivity index (χ4n) is 2.17. The van der Waals surface area contributed by atoms with E-state index in [-0.39, 0.29) is 43.0 Å². The molecule has 0 aliphatic heterocycles. The average Bonchev–Trinajstić information content (AvgIpc) is 2.86. The molecule has 0 radical (unpaired) electrons. The normalized spacial score (nSPS) is 12.8. The van der Waals surface area contributed by atoms with Gasteiger partial charge in [0.2, 0.25) is 11.9 Å². The number of rotatable bonds is 10. The van der Waals surface area contributed by atoms with Crippen LogP contribution in [0.25, 0.3) is 11.2 Å². The maximum absolute atomic E-state index is 11.8. The largest absolute Gasteiger partial charge is 0.394 e. The van der Waals surface area contributed by atoms with Crippen molar-refractivity contribution in [3.63, 3.8) is 0 Å². The predicted octanol–water partition coefficient (Wildman–Crippen LogP) is -0.174. The molecule has 1 atom stereocenters. The number of unbranched alkanes of at least 4 members (excludes halogenated alkanes) is 2. The number of aromatic amines is 1. The monoisotopic (exact) mass is 340 g/mol. The summed E-state index contributed by atoms with van der Waals surface area (Å²) in [5, 5.41) is 9.38. The fourth-order valence-corrected chi connectivity index (χ4v) is 2.17. The van der Waals surface area contributed by atoms with Gasteiger partial charge in [0.15, 0.2) is 11.2 Å². The third kappa shape index (κ3) is 4.43. The second kappa shape index (κ2) is 8.62. The van der Waals surface area contributed by atoms with E-state index in [9.17, 15) is 9.90 Å². The van der Waals surface area contributed by atoms with Crippen molar-refractivity contribution in [1.82, 2.24) is 19.5 Å². The Bertz CT molecular complexity index is 713. The van der Waals surface area contributed by atoms with Crippen LogP contribution in [0.15, 0.2) is 4.79 Å². The van der Waals surface area contributed by atoms with Crippen molar-refractivity contribution in [1.29, 1.82) is 0 Å². The lowest BCUT2D eigenvalue weighted by molar-refractivity contribution is -0.0662. The van der Waals surface area contributed by atoms with Crippen LogP contribution in [-0.4, -0.2) is 50.6 Å². The molecule has 0 amide bonds. The van der Waals surface area contributed by atoms with Gasteiger partial charge in [-0.05, 0) is 6.42 Å².